The van der Waals surface area contributed by atoms with Crippen molar-refractivity contribution in [3.05, 3.63) is 47.8 Å². The molecule has 20 heavy (non-hydrogen) atoms. The second-order valence-electron chi connectivity index (χ2n) is 4.74. The molecule has 0 spiro atoms. The van der Waals surface area contributed by atoms with Gasteiger partial charge in [-0.1, -0.05) is 18.2 Å². The maximum Gasteiger partial charge on any atom is 0.151 e. The Balaban J connectivity index is 2.36. The van der Waals surface area contributed by atoms with E-state index >= 15 is 0 Å². The molecule has 3 nitrogen and oxygen atoms in total. The van der Waals surface area contributed by atoms with E-state index < -0.39 is 0 Å². The number of benzene rings is 2. The van der Waals surface area contributed by atoms with Gasteiger partial charge in [0.1, 0.15) is 17.1 Å². The molecule has 3 rings (SSSR count). The number of hydrogen-bond donors (Lipinski definition) is 1. The van der Waals surface area contributed by atoms with Crippen molar-refractivity contribution < 1.29 is 9.50 Å². The molecule has 0 unspecified atom stereocenters. The van der Waals surface area contributed by atoms with Gasteiger partial charge in [-0.2, -0.15) is 0 Å². The summed E-state index contributed by atoms with van der Waals surface area (Å²) in [5.74, 6) is 0.576. The Bertz CT molecular complexity index is 793. The highest BCUT2D eigenvalue weighted by Gasteiger charge is 2.16. The van der Waals surface area contributed by atoms with Gasteiger partial charge in [-0.15, -0.1) is 0 Å². The van der Waals surface area contributed by atoms with Crippen LogP contribution < -0.4 is 0 Å². The van der Waals surface area contributed by atoms with Crippen molar-refractivity contribution in [2.75, 3.05) is 0 Å². The van der Waals surface area contributed by atoms with Crippen molar-refractivity contribution in [2.24, 2.45) is 0 Å². The zero-order valence-corrected chi connectivity index (χ0v) is 11.4. The van der Waals surface area contributed by atoms with Crippen molar-refractivity contribution in [2.45, 2.75) is 20.4 Å². The Morgan fingerprint density at radius 1 is 1.20 bits per heavy atom. The Morgan fingerprint density at radius 3 is 2.70 bits per heavy atom. The number of aryl methyl sites for hydroxylation is 1. The Hall–Kier alpha value is -2.36. The minimum Gasteiger partial charge on any atom is -0.508 e. The van der Waals surface area contributed by atoms with Crippen molar-refractivity contribution in [1.82, 2.24) is 9.55 Å². The van der Waals surface area contributed by atoms with Crippen molar-refractivity contribution in [3.63, 3.8) is 0 Å². The first-order valence-electron chi connectivity index (χ1n) is 6.57. The molecule has 0 fully saturated rings. The van der Waals surface area contributed by atoms with Crippen LogP contribution in [0.15, 0.2) is 36.4 Å². The molecule has 1 heterocycles. The highest BCUT2D eigenvalue weighted by atomic mass is 19.1. The second-order valence-corrected chi connectivity index (χ2v) is 4.74. The zero-order chi connectivity index (χ0) is 14.3. The van der Waals surface area contributed by atoms with Crippen molar-refractivity contribution in [3.8, 4) is 17.1 Å². The molecule has 1 N–H and O–H groups in total. The summed E-state index contributed by atoms with van der Waals surface area (Å²) < 4.78 is 15.8. The monoisotopic (exact) mass is 270 g/mol. The van der Waals surface area contributed by atoms with Gasteiger partial charge in [0.05, 0.1) is 5.52 Å². The van der Waals surface area contributed by atoms with Crippen LogP contribution in [0.5, 0.6) is 5.75 Å². The van der Waals surface area contributed by atoms with Crippen LogP contribution >= 0.6 is 0 Å². The molecule has 1 aromatic heterocycles. The number of imidazole rings is 1. The van der Waals surface area contributed by atoms with E-state index in [4.69, 9.17) is 0 Å². The summed E-state index contributed by atoms with van der Waals surface area (Å²) in [7, 11) is 0. The molecule has 0 radical (unpaired) electrons. The normalized spacial score (nSPS) is 11.2. The molecule has 0 saturated carbocycles. The fourth-order valence-corrected chi connectivity index (χ4v) is 2.50. The molecule has 2 aromatic carbocycles. The van der Waals surface area contributed by atoms with Gasteiger partial charge in [0.15, 0.2) is 5.82 Å². The van der Waals surface area contributed by atoms with E-state index in [0.29, 0.717) is 17.9 Å². The number of aromatic nitrogens is 2. The van der Waals surface area contributed by atoms with Gasteiger partial charge >= 0.3 is 0 Å². The molecule has 0 amide bonds. The summed E-state index contributed by atoms with van der Waals surface area (Å²) in [5, 5.41) is 9.84. The van der Waals surface area contributed by atoms with Crippen LogP contribution in [0, 0.1) is 12.7 Å². The van der Waals surface area contributed by atoms with Gasteiger partial charge in [0.25, 0.3) is 0 Å². The molecule has 0 atom stereocenters. The summed E-state index contributed by atoms with van der Waals surface area (Å²) in [6.45, 7) is 4.51. The second kappa shape index (κ2) is 4.63. The van der Waals surface area contributed by atoms with E-state index in [1.165, 1.54) is 6.07 Å². The van der Waals surface area contributed by atoms with Crippen LogP contribution in [-0.2, 0) is 6.54 Å². The van der Waals surface area contributed by atoms with Gasteiger partial charge in [-0.3, -0.25) is 0 Å². The smallest absolute Gasteiger partial charge is 0.151 e. The quantitative estimate of drug-likeness (QED) is 0.767. The topological polar surface area (TPSA) is 38.0 Å². The number of para-hydroxylation sites is 1. The lowest BCUT2D eigenvalue weighted by Gasteiger charge is -2.09. The van der Waals surface area contributed by atoms with Crippen molar-refractivity contribution in [1.29, 1.82) is 0 Å². The summed E-state index contributed by atoms with van der Waals surface area (Å²) in [6.07, 6.45) is 0. The molecular formula is C16H15FN2O. The lowest BCUT2D eigenvalue weighted by atomic mass is 10.1. The van der Waals surface area contributed by atoms with Gasteiger partial charge in [-0.05, 0) is 32.0 Å². The van der Waals surface area contributed by atoms with Gasteiger partial charge in [-0.25, -0.2) is 9.37 Å². The standard InChI is InChI=1S/C16H15FN2O/c1-3-19-13-8-5-7-12(17)15(13)18-16(19)11-6-4-9-14(20)10(11)2/h4-9,20H,3H2,1-2H3. The molecule has 102 valence electrons. The lowest BCUT2D eigenvalue weighted by molar-refractivity contribution is 0.471. The summed E-state index contributed by atoms with van der Waals surface area (Å²) in [4.78, 5) is 4.43. The van der Waals surface area contributed by atoms with Crippen LogP contribution in [0.25, 0.3) is 22.4 Å². The van der Waals surface area contributed by atoms with Crippen LogP contribution in [0.2, 0.25) is 0 Å². The Morgan fingerprint density at radius 2 is 1.95 bits per heavy atom. The predicted octanol–water partition coefficient (Wildman–Crippen LogP) is 3.88. The zero-order valence-electron chi connectivity index (χ0n) is 11.4. The van der Waals surface area contributed by atoms with Crippen molar-refractivity contribution >= 4 is 11.0 Å². The van der Waals surface area contributed by atoms with Crippen LogP contribution in [-0.4, -0.2) is 14.7 Å². The minimum atomic E-state index is -0.325. The van der Waals surface area contributed by atoms with Crippen LogP contribution in [0.1, 0.15) is 12.5 Å². The number of phenols is 1. The third kappa shape index (κ3) is 1.76. The molecular weight excluding hydrogens is 255 g/mol. The van der Waals surface area contributed by atoms with Crippen LogP contribution in [0.3, 0.4) is 0 Å². The van der Waals surface area contributed by atoms with Gasteiger partial charge in [0, 0.05) is 17.7 Å². The van der Waals surface area contributed by atoms with E-state index in [-0.39, 0.29) is 11.6 Å². The molecule has 0 aliphatic carbocycles. The number of phenolic OH excluding ortho intramolecular Hbond substituents is 1. The predicted molar refractivity (Wildman–Crippen MR) is 77.2 cm³/mol. The number of rotatable bonds is 2. The highest BCUT2D eigenvalue weighted by Crippen LogP contribution is 2.31. The number of nitrogens with zero attached hydrogens (tertiary/aromatic N) is 2. The first-order valence-corrected chi connectivity index (χ1v) is 6.57. The fourth-order valence-electron chi connectivity index (χ4n) is 2.50. The van der Waals surface area contributed by atoms with Crippen LogP contribution in [0.4, 0.5) is 4.39 Å². The molecule has 4 heteroatoms. The number of halogens is 1. The molecule has 3 aromatic rings. The third-order valence-corrected chi connectivity index (χ3v) is 3.59. The number of aromatic hydroxyl groups is 1. The first-order chi connectivity index (χ1) is 9.63. The summed E-state index contributed by atoms with van der Waals surface area (Å²) in [5.41, 5.74) is 2.71. The summed E-state index contributed by atoms with van der Waals surface area (Å²) in [6, 6.07) is 10.3. The summed E-state index contributed by atoms with van der Waals surface area (Å²) >= 11 is 0. The minimum absolute atomic E-state index is 0.220. The van der Waals surface area contributed by atoms with E-state index in [2.05, 4.69) is 4.98 Å². The number of hydrogen-bond acceptors (Lipinski definition) is 2. The Labute approximate surface area is 116 Å². The van der Waals surface area contributed by atoms with Gasteiger partial charge < -0.3 is 9.67 Å². The molecule has 0 bridgehead atoms. The maximum absolute atomic E-state index is 13.9. The first kappa shape index (κ1) is 12.7. The average Bonchev–Trinajstić information content (AvgIpc) is 2.81. The lowest BCUT2D eigenvalue weighted by Crippen LogP contribution is -1.98. The highest BCUT2D eigenvalue weighted by molar-refractivity contribution is 5.82. The van der Waals surface area contributed by atoms with E-state index in [1.807, 2.05) is 30.5 Å². The third-order valence-electron chi connectivity index (χ3n) is 3.59. The van der Waals surface area contributed by atoms with E-state index in [9.17, 15) is 9.50 Å². The maximum atomic E-state index is 13.9. The fraction of sp³-hybridized carbons (Fsp3) is 0.188. The molecule has 0 aliphatic rings. The van der Waals surface area contributed by atoms with Gasteiger partial charge in [0.2, 0.25) is 0 Å². The SMILES string of the molecule is CCn1c(-c2cccc(O)c2C)nc2c(F)cccc21. The molecule has 0 aliphatic heterocycles. The largest absolute Gasteiger partial charge is 0.508 e. The van der Waals surface area contributed by atoms with E-state index in [0.717, 1.165) is 16.6 Å². The molecule has 0 saturated heterocycles. The van der Waals surface area contributed by atoms with E-state index in [1.54, 1.807) is 18.2 Å². The average molecular weight is 270 g/mol. The Kier molecular flexibility index (Phi) is 2.93. The number of fused-ring (bicyclic) bond motifs is 1.